The Morgan fingerprint density at radius 1 is 0.931 bits per heavy atom. The van der Waals surface area contributed by atoms with Crippen molar-refractivity contribution in [2.75, 3.05) is 4.90 Å². The van der Waals surface area contributed by atoms with E-state index in [1.54, 1.807) is 30.5 Å². The average Bonchev–Trinajstić information content (AvgIpc) is 2.74. The molecule has 0 aliphatic rings. The summed E-state index contributed by atoms with van der Waals surface area (Å²) in [5, 5.41) is 21.4. The van der Waals surface area contributed by atoms with Gasteiger partial charge in [0.2, 0.25) is 0 Å². The number of aromatic carboxylic acids is 1. The quantitative estimate of drug-likeness (QED) is 0.407. The molecule has 0 aliphatic carbocycles. The normalized spacial score (nSPS) is 10.8. The molecule has 0 bridgehead atoms. The molecule has 2 N–H and O–H groups in total. The van der Waals surface area contributed by atoms with Gasteiger partial charge >= 0.3 is 5.97 Å². The Morgan fingerprint density at radius 3 is 2.41 bits per heavy atom. The first-order valence-electron chi connectivity index (χ1n) is 8.96. The molecule has 5 nitrogen and oxygen atoms in total. The Balaban J connectivity index is 1.88. The van der Waals surface area contributed by atoms with Gasteiger partial charge in [-0.15, -0.1) is 0 Å². The number of carboxylic acid groups (broad SMARTS) is 1. The van der Waals surface area contributed by atoms with Crippen molar-refractivity contribution in [2.45, 2.75) is 6.54 Å². The van der Waals surface area contributed by atoms with E-state index in [2.05, 4.69) is 20.9 Å². The molecule has 1 heterocycles. The van der Waals surface area contributed by atoms with Crippen LogP contribution >= 0.6 is 15.9 Å². The molecule has 144 valence electrons. The first kappa shape index (κ1) is 19.0. The van der Waals surface area contributed by atoms with Gasteiger partial charge in [-0.05, 0) is 46.3 Å². The van der Waals surface area contributed by atoms with Gasteiger partial charge in [-0.2, -0.15) is 0 Å². The molecule has 3 aromatic carbocycles. The molecule has 0 aliphatic heterocycles. The van der Waals surface area contributed by atoms with Crippen molar-refractivity contribution in [3.8, 4) is 5.75 Å². The lowest BCUT2D eigenvalue weighted by molar-refractivity contribution is 0.0697. The van der Waals surface area contributed by atoms with Gasteiger partial charge in [0.1, 0.15) is 11.3 Å². The Kier molecular flexibility index (Phi) is 5.18. The summed E-state index contributed by atoms with van der Waals surface area (Å²) in [4.78, 5) is 18.0. The summed E-state index contributed by atoms with van der Waals surface area (Å²) in [6, 6.07) is 21.9. The second-order valence-electron chi connectivity index (χ2n) is 6.51. The first-order valence-corrected chi connectivity index (χ1v) is 9.75. The highest BCUT2D eigenvalue weighted by atomic mass is 79.9. The first-order chi connectivity index (χ1) is 14.1. The average molecular weight is 449 g/mol. The number of pyridine rings is 1. The van der Waals surface area contributed by atoms with E-state index >= 15 is 0 Å². The summed E-state index contributed by atoms with van der Waals surface area (Å²) >= 11 is 3.56. The van der Waals surface area contributed by atoms with E-state index < -0.39 is 5.97 Å². The number of carbonyl (C=O) groups is 1. The van der Waals surface area contributed by atoms with Crippen molar-refractivity contribution >= 4 is 44.2 Å². The molecule has 29 heavy (non-hydrogen) atoms. The second-order valence-corrected chi connectivity index (χ2v) is 7.36. The van der Waals surface area contributed by atoms with Gasteiger partial charge < -0.3 is 15.1 Å². The Bertz CT molecular complexity index is 1210. The summed E-state index contributed by atoms with van der Waals surface area (Å²) < 4.78 is 0.818. The molecule has 0 atom stereocenters. The maximum Gasteiger partial charge on any atom is 0.337 e. The van der Waals surface area contributed by atoms with Crippen LogP contribution in [0.15, 0.2) is 83.5 Å². The summed E-state index contributed by atoms with van der Waals surface area (Å²) in [6.07, 6.45) is 1.64. The number of rotatable bonds is 5. The molecular weight excluding hydrogens is 432 g/mol. The molecule has 0 amide bonds. The van der Waals surface area contributed by atoms with Crippen molar-refractivity contribution < 1.29 is 15.0 Å². The van der Waals surface area contributed by atoms with Gasteiger partial charge in [-0.25, -0.2) is 4.79 Å². The van der Waals surface area contributed by atoms with Crippen LogP contribution in [0.2, 0.25) is 0 Å². The lowest BCUT2D eigenvalue weighted by atomic mass is 10.1. The van der Waals surface area contributed by atoms with Crippen LogP contribution in [0.1, 0.15) is 15.9 Å². The van der Waals surface area contributed by atoms with Crippen molar-refractivity contribution in [2.24, 2.45) is 0 Å². The van der Waals surface area contributed by atoms with Crippen LogP contribution < -0.4 is 4.90 Å². The van der Waals surface area contributed by atoms with E-state index in [0.29, 0.717) is 16.8 Å². The number of aromatic hydroxyl groups is 1. The number of hydrogen-bond donors (Lipinski definition) is 2. The highest BCUT2D eigenvalue weighted by Crippen LogP contribution is 2.37. The number of nitrogens with zero attached hydrogens (tertiary/aromatic N) is 2. The molecular formula is C23H17BrN2O3. The van der Waals surface area contributed by atoms with E-state index in [4.69, 9.17) is 0 Å². The van der Waals surface area contributed by atoms with Crippen molar-refractivity contribution in [3.05, 3.63) is 94.6 Å². The van der Waals surface area contributed by atoms with Gasteiger partial charge in [0, 0.05) is 21.6 Å². The number of anilines is 2. The van der Waals surface area contributed by atoms with Gasteiger partial charge in [-0.1, -0.05) is 42.5 Å². The van der Waals surface area contributed by atoms with E-state index in [9.17, 15) is 15.0 Å². The summed E-state index contributed by atoms with van der Waals surface area (Å²) in [6.45, 7) is 0.269. The van der Waals surface area contributed by atoms with Crippen molar-refractivity contribution in [1.82, 2.24) is 4.98 Å². The fourth-order valence-electron chi connectivity index (χ4n) is 3.33. The second kappa shape index (κ2) is 7.93. The third-order valence-electron chi connectivity index (χ3n) is 4.73. The minimum absolute atomic E-state index is 0.0907. The number of benzene rings is 3. The standard InChI is InChI=1S/C23H17BrN2O3/c24-18-8-2-4-10-20(18)26(19-9-3-1-7-17(19)23(28)29)14-16-12-11-15-6-5-13-25-21(15)22(16)27/h1-13,27H,14H2,(H,28,29). The third kappa shape index (κ3) is 3.67. The van der Waals surface area contributed by atoms with E-state index in [1.165, 1.54) is 0 Å². The largest absolute Gasteiger partial charge is 0.505 e. The lowest BCUT2D eigenvalue weighted by Gasteiger charge is -2.28. The van der Waals surface area contributed by atoms with Crippen LogP contribution in [0.3, 0.4) is 0 Å². The zero-order valence-electron chi connectivity index (χ0n) is 15.3. The molecule has 0 radical (unpaired) electrons. The Labute approximate surface area is 176 Å². The van der Waals surface area contributed by atoms with Crippen molar-refractivity contribution in [1.29, 1.82) is 0 Å². The summed E-state index contributed by atoms with van der Waals surface area (Å²) in [5.74, 6) is -0.921. The predicted octanol–water partition coefficient (Wildman–Crippen LogP) is 5.74. The van der Waals surface area contributed by atoms with Gasteiger partial charge in [-0.3, -0.25) is 4.98 Å². The number of carboxylic acids is 1. The molecule has 0 fully saturated rings. The van der Waals surface area contributed by atoms with Gasteiger partial charge in [0.15, 0.2) is 0 Å². The molecule has 0 saturated heterocycles. The molecule has 4 rings (SSSR count). The molecule has 0 spiro atoms. The zero-order valence-corrected chi connectivity index (χ0v) is 16.9. The molecule has 1 aromatic heterocycles. The van der Waals surface area contributed by atoms with Gasteiger partial charge in [0.25, 0.3) is 0 Å². The highest BCUT2D eigenvalue weighted by Gasteiger charge is 2.21. The third-order valence-corrected chi connectivity index (χ3v) is 5.40. The van der Waals surface area contributed by atoms with Crippen molar-refractivity contribution in [3.63, 3.8) is 0 Å². The van der Waals surface area contributed by atoms with E-state index in [1.807, 2.05) is 53.4 Å². The summed E-state index contributed by atoms with van der Waals surface area (Å²) in [5.41, 5.74) is 2.67. The van der Waals surface area contributed by atoms with Crippen LogP contribution in [0, 0.1) is 0 Å². The maximum atomic E-state index is 11.8. The Hall–Kier alpha value is -3.38. The molecule has 0 unspecified atom stereocenters. The molecule has 0 saturated carbocycles. The minimum atomic E-state index is -1.01. The number of para-hydroxylation sites is 2. The SMILES string of the molecule is O=C(O)c1ccccc1N(Cc1ccc2cccnc2c1O)c1ccccc1Br. The molecule has 4 aromatic rings. The number of hydrogen-bond acceptors (Lipinski definition) is 4. The molecule has 6 heteroatoms. The van der Waals surface area contributed by atoms with Crippen LogP contribution in [0.5, 0.6) is 5.75 Å². The predicted molar refractivity (Wildman–Crippen MR) is 117 cm³/mol. The lowest BCUT2D eigenvalue weighted by Crippen LogP contribution is -2.20. The number of halogens is 1. The van der Waals surface area contributed by atoms with Crippen LogP contribution in [-0.4, -0.2) is 21.2 Å². The number of phenols is 1. The number of fused-ring (bicyclic) bond motifs is 1. The summed E-state index contributed by atoms with van der Waals surface area (Å²) in [7, 11) is 0. The van der Waals surface area contributed by atoms with Gasteiger partial charge in [0.05, 0.1) is 23.5 Å². The van der Waals surface area contributed by atoms with Crippen LogP contribution in [0.25, 0.3) is 10.9 Å². The smallest absolute Gasteiger partial charge is 0.337 e. The van der Waals surface area contributed by atoms with Crippen LogP contribution in [0.4, 0.5) is 11.4 Å². The van der Waals surface area contributed by atoms with E-state index in [0.717, 1.165) is 15.5 Å². The Morgan fingerprint density at radius 2 is 1.66 bits per heavy atom. The highest BCUT2D eigenvalue weighted by molar-refractivity contribution is 9.10. The maximum absolute atomic E-state index is 11.8. The zero-order chi connectivity index (χ0) is 20.4. The number of phenolic OH excluding ortho intramolecular Hbond substituents is 1. The number of aromatic nitrogens is 1. The fraction of sp³-hybridized carbons (Fsp3) is 0.0435. The monoisotopic (exact) mass is 448 g/mol. The minimum Gasteiger partial charge on any atom is -0.505 e. The fourth-order valence-corrected chi connectivity index (χ4v) is 3.83. The van der Waals surface area contributed by atoms with E-state index in [-0.39, 0.29) is 17.9 Å². The topological polar surface area (TPSA) is 73.7 Å². The van der Waals surface area contributed by atoms with Crippen LogP contribution in [-0.2, 0) is 6.54 Å².